The average molecular weight is 459 g/mol. The zero-order valence-electron chi connectivity index (χ0n) is 23.1. The van der Waals surface area contributed by atoms with Crippen LogP contribution in [0.2, 0.25) is 0 Å². The minimum atomic E-state index is -0.195. The summed E-state index contributed by atoms with van der Waals surface area (Å²) < 4.78 is 1.71. The molecule has 0 aliphatic rings. The van der Waals surface area contributed by atoms with E-state index in [-0.39, 0.29) is 12.2 Å². The molecule has 0 rings (SSSR count). The zero-order valence-corrected chi connectivity index (χ0v) is 23.1. The van der Waals surface area contributed by atoms with Crippen molar-refractivity contribution in [2.24, 2.45) is 0 Å². The van der Waals surface area contributed by atoms with Crippen LogP contribution in [0.3, 0.4) is 0 Å². The van der Waals surface area contributed by atoms with E-state index >= 15 is 0 Å². The van der Waals surface area contributed by atoms with Gasteiger partial charge in [-0.1, -0.05) is 104 Å². The Bertz CT molecular complexity index is 374. The molecule has 0 aliphatic heterocycles. The molecule has 0 spiro atoms. The van der Waals surface area contributed by atoms with Crippen LogP contribution in [0, 0.1) is 0 Å². The molecule has 2 N–H and O–H groups in total. The lowest BCUT2D eigenvalue weighted by Crippen LogP contribution is -2.54. The van der Waals surface area contributed by atoms with E-state index in [9.17, 15) is 10.2 Å². The molecule has 0 saturated heterocycles. The first-order valence-electron chi connectivity index (χ1n) is 14.1. The van der Waals surface area contributed by atoms with Gasteiger partial charge in [0.05, 0.1) is 28.2 Å². The third kappa shape index (κ3) is 20.4. The summed E-state index contributed by atoms with van der Waals surface area (Å²) in [6, 6.07) is 0. The quantitative estimate of drug-likeness (QED) is 0.143. The molecule has 194 valence electrons. The first-order valence-corrected chi connectivity index (χ1v) is 14.1. The summed E-state index contributed by atoms with van der Waals surface area (Å²) in [4.78, 5) is 0. The van der Waals surface area contributed by atoms with E-state index in [0.717, 1.165) is 60.8 Å². The molecule has 0 radical (unpaired) electrons. The molecule has 0 aromatic carbocycles. The summed E-state index contributed by atoms with van der Waals surface area (Å²) in [5.41, 5.74) is 0. The molecule has 0 amide bonds. The molecule has 0 heterocycles. The van der Waals surface area contributed by atoms with Crippen LogP contribution in [0.1, 0.15) is 117 Å². The second-order valence-electron chi connectivity index (χ2n) is 11.8. The topological polar surface area (TPSA) is 40.5 Å². The molecule has 4 nitrogen and oxygen atoms in total. The molecule has 0 aromatic heterocycles. The van der Waals surface area contributed by atoms with Crippen LogP contribution < -0.4 is 0 Å². The van der Waals surface area contributed by atoms with Crippen molar-refractivity contribution in [1.29, 1.82) is 0 Å². The maximum atomic E-state index is 10.5. The summed E-state index contributed by atoms with van der Waals surface area (Å²) >= 11 is 0. The number of hydrogen-bond acceptors (Lipinski definition) is 2. The van der Waals surface area contributed by atoms with Crippen LogP contribution in [-0.4, -0.2) is 85.8 Å². The second kappa shape index (κ2) is 19.2. The monoisotopic (exact) mass is 458 g/mol. The average Bonchev–Trinajstić information content (AvgIpc) is 2.70. The minimum absolute atomic E-state index is 0.195. The Morgan fingerprint density at radius 2 is 0.750 bits per heavy atom. The minimum Gasteiger partial charge on any atom is -0.387 e. The van der Waals surface area contributed by atoms with Gasteiger partial charge in [-0.2, -0.15) is 0 Å². The van der Waals surface area contributed by atoms with Gasteiger partial charge in [-0.25, -0.2) is 0 Å². The fourth-order valence-corrected chi connectivity index (χ4v) is 4.72. The Labute approximate surface area is 202 Å². The summed E-state index contributed by atoms with van der Waals surface area (Å²) in [6.07, 6.45) is 19.7. The number of likely N-dealkylation sites (N-methyl/N-ethyl adjacent to an activating group) is 2. The van der Waals surface area contributed by atoms with Crippen molar-refractivity contribution < 1.29 is 19.2 Å². The van der Waals surface area contributed by atoms with E-state index in [2.05, 4.69) is 42.0 Å². The highest BCUT2D eigenvalue weighted by molar-refractivity contribution is 4.58. The third-order valence-electron chi connectivity index (χ3n) is 7.00. The first kappa shape index (κ1) is 31.8. The van der Waals surface area contributed by atoms with Gasteiger partial charge in [0, 0.05) is 0 Å². The highest BCUT2D eigenvalue weighted by atomic mass is 16.3. The van der Waals surface area contributed by atoms with Crippen molar-refractivity contribution in [3.05, 3.63) is 0 Å². The number of aliphatic hydroxyl groups excluding tert-OH is 2. The fourth-order valence-electron chi connectivity index (χ4n) is 4.72. The largest absolute Gasteiger partial charge is 0.387 e. The van der Waals surface area contributed by atoms with E-state index in [0.29, 0.717) is 0 Å². The van der Waals surface area contributed by atoms with Gasteiger partial charge >= 0.3 is 0 Å². The Morgan fingerprint density at radius 3 is 1.06 bits per heavy atom. The molecular weight excluding hydrogens is 396 g/mol. The smallest absolute Gasteiger partial charge is 0.128 e. The molecule has 2 atom stereocenters. The van der Waals surface area contributed by atoms with Crippen molar-refractivity contribution in [2.75, 3.05) is 54.4 Å². The van der Waals surface area contributed by atoms with E-state index < -0.39 is 0 Å². The van der Waals surface area contributed by atoms with Crippen molar-refractivity contribution >= 4 is 0 Å². The van der Waals surface area contributed by atoms with Crippen molar-refractivity contribution in [2.45, 2.75) is 129 Å². The molecule has 0 bridgehead atoms. The summed E-state index contributed by atoms with van der Waals surface area (Å²) in [5.74, 6) is 0. The van der Waals surface area contributed by atoms with Crippen LogP contribution in [0.5, 0.6) is 0 Å². The fraction of sp³-hybridized carbons (Fsp3) is 1.00. The number of hydrogen-bond donors (Lipinski definition) is 2. The molecule has 0 fully saturated rings. The normalized spacial score (nSPS) is 14.6. The highest BCUT2D eigenvalue weighted by Gasteiger charge is 2.27. The summed E-state index contributed by atoms with van der Waals surface area (Å²) in [6.45, 7) is 8.24. The summed E-state index contributed by atoms with van der Waals surface area (Å²) in [7, 11) is 8.96. The molecule has 0 aliphatic carbocycles. The lowest BCUT2D eigenvalue weighted by molar-refractivity contribution is -0.948. The van der Waals surface area contributed by atoms with Gasteiger partial charge < -0.3 is 19.2 Å². The van der Waals surface area contributed by atoms with Gasteiger partial charge in [-0.15, -0.1) is 0 Å². The molecule has 4 heteroatoms. The SMILES string of the molecule is CCCCCCCCCC(O)C[N+](C)(C)CC[N+](C)(C)CC(O)CCCCCCCCC. The highest BCUT2D eigenvalue weighted by Crippen LogP contribution is 2.14. The standard InChI is InChI=1S/C28H62N2O2/c1-7-9-11-13-15-17-19-21-27(31)25-29(3,4)23-24-30(5,6)26-28(32)22-20-18-16-14-12-10-8-2/h27-28,31-32H,7-26H2,1-6H3/q+2. The van der Waals surface area contributed by atoms with Crippen LogP contribution in [0.15, 0.2) is 0 Å². The van der Waals surface area contributed by atoms with Gasteiger partial charge in [0.1, 0.15) is 38.4 Å². The maximum absolute atomic E-state index is 10.5. The number of quaternary nitrogens is 2. The second-order valence-corrected chi connectivity index (χ2v) is 11.8. The molecule has 2 unspecified atom stereocenters. The number of aliphatic hydroxyl groups is 2. The van der Waals surface area contributed by atoms with Crippen molar-refractivity contribution in [3.63, 3.8) is 0 Å². The van der Waals surface area contributed by atoms with E-state index in [1.165, 1.54) is 77.0 Å². The van der Waals surface area contributed by atoms with Crippen molar-refractivity contribution in [1.82, 2.24) is 0 Å². The van der Waals surface area contributed by atoms with Gasteiger partial charge in [-0.3, -0.25) is 0 Å². The van der Waals surface area contributed by atoms with E-state index in [1.807, 2.05) is 0 Å². The first-order chi connectivity index (χ1) is 15.1. The predicted octanol–water partition coefficient (Wildman–Crippen LogP) is 6.14. The van der Waals surface area contributed by atoms with Gasteiger partial charge in [0.2, 0.25) is 0 Å². The lowest BCUT2D eigenvalue weighted by atomic mass is 10.1. The van der Waals surface area contributed by atoms with Crippen molar-refractivity contribution in [3.8, 4) is 0 Å². The molecule has 0 aromatic rings. The van der Waals surface area contributed by atoms with Crippen LogP contribution in [0.4, 0.5) is 0 Å². The third-order valence-corrected chi connectivity index (χ3v) is 7.00. The van der Waals surface area contributed by atoms with Crippen LogP contribution >= 0.6 is 0 Å². The van der Waals surface area contributed by atoms with E-state index in [4.69, 9.17) is 0 Å². The van der Waals surface area contributed by atoms with Gasteiger partial charge in [0.25, 0.3) is 0 Å². The van der Waals surface area contributed by atoms with Crippen LogP contribution in [-0.2, 0) is 0 Å². The molecule has 32 heavy (non-hydrogen) atoms. The molecular formula is C28H62N2O2+2. The lowest BCUT2D eigenvalue weighted by Gasteiger charge is -2.37. The van der Waals surface area contributed by atoms with Crippen LogP contribution in [0.25, 0.3) is 0 Å². The Hall–Kier alpha value is -0.160. The Kier molecular flexibility index (Phi) is 19.1. The molecule has 0 saturated carbocycles. The predicted molar refractivity (Wildman–Crippen MR) is 141 cm³/mol. The summed E-state index contributed by atoms with van der Waals surface area (Å²) in [5, 5.41) is 21.1. The number of unbranched alkanes of at least 4 members (excludes halogenated alkanes) is 12. The number of nitrogens with zero attached hydrogens (tertiary/aromatic N) is 2. The van der Waals surface area contributed by atoms with E-state index in [1.54, 1.807) is 0 Å². The maximum Gasteiger partial charge on any atom is 0.128 e. The van der Waals surface area contributed by atoms with Gasteiger partial charge in [-0.05, 0) is 12.8 Å². The van der Waals surface area contributed by atoms with Gasteiger partial charge in [0.15, 0.2) is 0 Å². The Morgan fingerprint density at radius 1 is 0.469 bits per heavy atom. The zero-order chi connectivity index (χ0) is 24.3. The Balaban J connectivity index is 3.98. The number of rotatable bonds is 23.